The first-order chi connectivity index (χ1) is 15.2. The second kappa shape index (κ2) is 6.93. The van der Waals surface area contributed by atoms with Gasteiger partial charge in [0, 0.05) is 23.2 Å². The minimum Gasteiger partial charge on any atom is -0.393 e. The van der Waals surface area contributed by atoms with Crippen LogP contribution < -0.4 is 0 Å². The molecule has 5 aliphatic rings. The molecule has 1 aromatic heterocycles. The van der Waals surface area contributed by atoms with Gasteiger partial charge in [0.25, 0.3) is 0 Å². The largest absolute Gasteiger partial charge is 0.393 e. The summed E-state index contributed by atoms with van der Waals surface area (Å²) in [6.45, 7) is 7.91. The lowest BCUT2D eigenvalue weighted by Crippen LogP contribution is -2.58. The monoisotopic (exact) mass is 440 g/mol. The molecule has 3 fully saturated rings. The highest BCUT2D eigenvalue weighted by molar-refractivity contribution is 5.30. The van der Waals surface area contributed by atoms with Gasteiger partial charge in [0.1, 0.15) is 0 Å². The highest BCUT2D eigenvalue weighted by Crippen LogP contribution is 2.73. The van der Waals surface area contributed by atoms with Crippen molar-refractivity contribution in [1.29, 1.82) is 0 Å². The highest BCUT2D eigenvalue weighted by atomic mass is 16.3. The van der Waals surface area contributed by atoms with Gasteiger partial charge in [-0.3, -0.25) is 4.68 Å². The average molecular weight is 441 g/mol. The zero-order valence-electron chi connectivity index (χ0n) is 19.9. The van der Waals surface area contributed by atoms with E-state index in [1.807, 2.05) is 13.1 Å². The fourth-order valence-corrected chi connectivity index (χ4v) is 9.94. The van der Waals surface area contributed by atoms with Crippen LogP contribution in [0.1, 0.15) is 77.0 Å². The number of aliphatic hydroxyl groups is 3. The van der Waals surface area contributed by atoms with E-state index in [-0.39, 0.29) is 35.1 Å². The van der Waals surface area contributed by atoms with Crippen molar-refractivity contribution in [2.24, 2.45) is 39.9 Å². The molecular formula is C27H40N2O3. The molecule has 32 heavy (non-hydrogen) atoms. The molecule has 3 saturated carbocycles. The molecule has 4 aliphatic carbocycles. The molecular weight excluding hydrogens is 400 g/mol. The van der Waals surface area contributed by atoms with Crippen molar-refractivity contribution in [3.8, 4) is 0 Å². The van der Waals surface area contributed by atoms with E-state index < -0.39 is 0 Å². The van der Waals surface area contributed by atoms with Gasteiger partial charge in [0.05, 0.1) is 25.0 Å². The molecule has 0 bridgehead atoms. The SMILES string of the molecule is C[C@@H](O)[C@@]12Cc3c(CO)cnn3C[C@@H]1C[C@H]1[C@@H]3CC=C4C[C@@H](O)CC[C@]4(C)[C@H]3CC[C@@]12C. The van der Waals surface area contributed by atoms with Gasteiger partial charge in [0.2, 0.25) is 0 Å². The predicted octanol–water partition coefficient (Wildman–Crippen LogP) is 3.85. The number of nitrogens with zero attached hydrogens (tertiary/aromatic N) is 2. The molecule has 2 heterocycles. The number of allylic oxidation sites excluding steroid dienone is 1. The van der Waals surface area contributed by atoms with E-state index >= 15 is 0 Å². The Balaban J connectivity index is 1.41. The quantitative estimate of drug-likeness (QED) is 0.611. The number of hydrogen-bond donors (Lipinski definition) is 3. The Morgan fingerprint density at radius 1 is 1.22 bits per heavy atom. The van der Waals surface area contributed by atoms with Crippen LogP contribution in [-0.2, 0) is 19.6 Å². The highest BCUT2D eigenvalue weighted by Gasteiger charge is 2.69. The van der Waals surface area contributed by atoms with E-state index in [0.29, 0.717) is 23.7 Å². The Bertz CT molecular complexity index is 953. The van der Waals surface area contributed by atoms with Gasteiger partial charge in [-0.2, -0.15) is 5.10 Å². The van der Waals surface area contributed by atoms with Gasteiger partial charge in [-0.15, -0.1) is 0 Å². The molecule has 0 saturated heterocycles. The van der Waals surface area contributed by atoms with Crippen molar-refractivity contribution in [2.75, 3.05) is 0 Å². The van der Waals surface area contributed by atoms with Crippen LogP contribution in [0.15, 0.2) is 17.8 Å². The summed E-state index contributed by atoms with van der Waals surface area (Å²) in [6.07, 6.45) is 12.3. The summed E-state index contributed by atoms with van der Waals surface area (Å²) in [6, 6.07) is 0. The van der Waals surface area contributed by atoms with Crippen LogP contribution >= 0.6 is 0 Å². The van der Waals surface area contributed by atoms with E-state index in [2.05, 4.69) is 29.7 Å². The van der Waals surface area contributed by atoms with Crippen LogP contribution in [0.25, 0.3) is 0 Å². The zero-order chi connectivity index (χ0) is 22.5. The second-order valence-electron chi connectivity index (χ2n) is 12.4. The summed E-state index contributed by atoms with van der Waals surface area (Å²) in [7, 11) is 0. The first kappa shape index (κ1) is 21.4. The molecule has 0 unspecified atom stereocenters. The fourth-order valence-electron chi connectivity index (χ4n) is 9.94. The molecule has 1 aliphatic heterocycles. The van der Waals surface area contributed by atoms with Crippen molar-refractivity contribution < 1.29 is 15.3 Å². The summed E-state index contributed by atoms with van der Waals surface area (Å²) >= 11 is 0. The third kappa shape index (κ3) is 2.48. The van der Waals surface area contributed by atoms with E-state index in [1.54, 1.807) is 0 Å². The van der Waals surface area contributed by atoms with Crippen LogP contribution in [0.3, 0.4) is 0 Å². The molecule has 9 atom stereocenters. The Hall–Kier alpha value is -1.17. The zero-order valence-corrected chi connectivity index (χ0v) is 19.9. The maximum absolute atomic E-state index is 11.4. The Kier molecular flexibility index (Phi) is 4.63. The number of rotatable bonds is 2. The minimum absolute atomic E-state index is 0.0263. The van der Waals surface area contributed by atoms with Crippen LogP contribution in [0.4, 0.5) is 0 Å². The van der Waals surface area contributed by atoms with Gasteiger partial charge < -0.3 is 15.3 Å². The minimum atomic E-state index is -0.371. The van der Waals surface area contributed by atoms with Crippen LogP contribution in [0.2, 0.25) is 0 Å². The number of fused-ring (bicyclic) bond motifs is 8. The van der Waals surface area contributed by atoms with Gasteiger partial charge in [-0.05, 0) is 92.8 Å². The normalized spacial score (nSPS) is 48.1. The second-order valence-corrected chi connectivity index (χ2v) is 12.4. The van der Waals surface area contributed by atoms with Gasteiger partial charge in [-0.1, -0.05) is 25.5 Å². The van der Waals surface area contributed by atoms with Crippen molar-refractivity contribution in [1.82, 2.24) is 9.78 Å². The molecule has 6 rings (SSSR count). The van der Waals surface area contributed by atoms with Crippen molar-refractivity contribution >= 4 is 0 Å². The molecule has 0 spiro atoms. The Morgan fingerprint density at radius 3 is 2.78 bits per heavy atom. The molecule has 176 valence electrons. The molecule has 0 amide bonds. The van der Waals surface area contributed by atoms with Crippen molar-refractivity contribution in [3.63, 3.8) is 0 Å². The Labute approximate surface area is 191 Å². The predicted molar refractivity (Wildman–Crippen MR) is 123 cm³/mol. The lowest BCUT2D eigenvalue weighted by Gasteiger charge is -2.61. The lowest BCUT2D eigenvalue weighted by molar-refractivity contribution is -0.134. The maximum atomic E-state index is 11.4. The lowest BCUT2D eigenvalue weighted by atomic mass is 9.44. The topological polar surface area (TPSA) is 78.5 Å². The van der Waals surface area contributed by atoms with E-state index in [4.69, 9.17) is 0 Å². The third-order valence-electron chi connectivity index (χ3n) is 11.6. The molecule has 1 aromatic rings. The third-order valence-corrected chi connectivity index (χ3v) is 11.6. The van der Waals surface area contributed by atoms with Crippen molar-refractivity contribution in [3.05, 3.63) is 29.1 Å². The van der Waals surface area contributed by atoms with Gasteiger partial charge in [0.15, 0.2) is 0 Å². The Morgan fingerprint density at radius 2 is 2.03 bits per heavy atom. The van der Waals surface area contributed by atoms with Crippen LogP contribution in [-0.4, -0.2) is 37.3 Å². The summed E-state index contributed by atoms with van der Waals surface area (Å²) < 4.78 is 2.12. The van der Waals surface area contributed by atoms with E-state index in [9.17, 15) is 15.3 Å². The summed E-state index contributed by atoms with van der Waals surface area (Å²) in [4.78, 5) is 0. The van der Waals surface area contributed by atoms with Crippen LogP contribution in [0.5, 0.6) is 0 Å². The molecule has 3 N–H and O–H groups in total. The van der Waals surface area contributed by atoms with Gasteiger partial charge in [-0.25, -0.2) is 0 Å². The standard InChI is InChI=1S/C27H40N2O3/c1-16(31)27-12-24-17(15-30)13-28-29(24)14-19(27)11-23-21-5-4-18-10-20(32)6-8-25(18,2)22(21)7-9-26(23,27)3/h4,13,16,19-23,30-32H,5-12,14-15H2,1-3H3/t16-,19+,20+,21-,22+,23+,25+,26+,27+/m1/s1. The molecule has 0 radical (unpaired) electrons. The fraction of sp³-hybridized carbons (Fsp3) is 0.815. The summed E-state index contributed by atoms with van der Waals surface area (Å²) in [5, 5.41) is 36.2. The molecule has 5 nitrogen and oxygen atoms in total. The maximum Gasteiger partial charge on any atom is 0.0715 e. The molecule has 5 heteroatoms. The van der Waals surface area contributed by atoms with E-state index in [1.165, 1.54) is 24.8 Å². The summed E-state index contributed by atoms with van der Waals surface area (Å²) in [5.74, 6) is 2.42. The first-order valence-electron chi connectivity index (χ1n) is 12.9. The summed E-state index contributed by atoms with van der Waals surface area (Å²) in [5.41, 5.74) is 3.80. The number of aliphatic hydroxyl groups excluding tert-OH is 3. The van der Waals surface area contributed by atoms with Gasteiger partial charge >= 0.3 is 0 Å². The number of aromatic nitrogens is 2. The van der Waals surface area contributed by atoms with E-state index in [0.717, 1.165) is 49.9 Å². The number of hydrogen-bond acceptors (Lipinski definition) is 4. The van der Waals surface area contributed by atoms with Crippen LogP contribution in [0, 0.1) is 39.9 Å². The average Bonchev–Trinajstić information content (AvgIpc) is 3.28. The first-order valence-corrected chi connectivity index (χ1v) is 12.9. The smallest absolute Gasteiger partial charge is 0.0715 e. The van der Waals surface area contributed by atoms with Crippen molar-refractivity contribution in [2.45, 2.75) is 97.5 Å². The molecule has 0 aromatic carbocycles.